The van der Waals surface area contributed by atoms with Crippen LogP contribution in [0, 0.1) is 11.7 Å². The van der Waals surface area contributed by atoms with E-state index in [0.717, 1.165) is 11.3 Å². The van der Waals surface area contributed by atoms with Gasteiger partial charge in [-0.2, -0.15) is 0 Å². The lowest BCUT2D eigenvalue weighted by Crippen LogP contribution is -2.40. The molecule has 1 aromatic carbocycles. The summed E-state index contributed by atoms with van der Waals surface area (Å²) in [4.78, 5) is 24.5. The lowest BCUT2D eigenvalue weighted by atomic mass is 10.1. The maximum atomic E-state index is 13.7. The van der Waals surface area contributed by atoms with Crippen molar-refractivity contribution in [2.45, 2.75) is 27.2 Å². The van der Waals surface area contributed by atoms with E-state index in [1.807, 2.05) is 0 Å². The highest BCUT2D eigenvalue weighted by atomic mass is 19.1. The van der Waals surface area contributed by atoms with Crippen molar-refractivity contribution >= 4 is 17.5 Å². The number of anilines is 1. The molecule has 0 saturated carbocycles. The zero-order chi connectivity index (χ0) is 15.1. The SMILES string of the molecule is CC(=O)N(CC(=O)NCCC(C)C)c1ccccc1F. The van der Waals surface area contributed by atoms with E-state index in [4.69, 9.17) is 0 Å². The van der Waals surface area contributed by atoms with Gasteiger partial charge in [0.05, 0.1) is 5.69 Å². The van der Waals surface area contributed by atoms with Gasteiger partial charge in [-0.05, 0) is 24.5 Å². The molecule has 0 heterocycles. The first-order chi connectivity index (χ1) is 9.41. The molecule has 0 atom stereocenters. The Morgan fingerprint density at radius 1 is 1.30 bits per heavy atom. The van der Waals surface area contributed by atoms with E-state index in [2.05, 4.69) is 19.2 Å². The normalized spacial score (nSPS) is 10.4. The first-order valence-corrected chi connectivity index (χ1v) is 6.71. The van der Waals surface area contributed by atoms with Crippen molar-refractivity contribution in [2.75, 3.05) is 18.0 Å². The molecular formula is C15H21FN2O2. The summed E-state index contributed by atoms with van der Waals surface area (Å²) in [5.41, 5.74) is 0.124. The number of amides is 2. The minimum atomic E-state index is -0.516. The van der Waals surface area contributed by atoms with Gasteiger partial charge >= 0.3 is 0 Å². The fourth-order valence-electron chi connectivity index (χ4n) is 1.74. The molecule has 0 aliphatic rings. The molecule has 1 aromatic rings. The van der Waals surface area contributed by atoms with Crippen LogP contribution in [0.5, 0.6) is 0 Å². The first-order valence-electron chi connectivity index (χ1n) is 6.71. The summed E-state index contributed by atoms with van der Waals surface area (Å²) >= 11 is 0. The topological polar surface area (TPSA) is 49.4 Å². The van der Waals surface area contributed by atoms with E-state index in [-0.39, 0.29) is 24.0 Å². The predicted molar refractivity (Wildman–Crippen MR) is 76.9 cm³/mol. The molecule has 2 amide bonds. The Kier molecular flexibility index (Phi) is 6.15. The van der Waals surface area contributed by atoms with Gasteiger partial charge in [0.25, 0.3) is 0 Å². The van der Waals surface area contributed by atoms with Crippen molar-refractivity contribution in [1.82, 2.24) is 5.32 Å². The van der Waals surface area contributed by atoms with Crippen LogP contribution in [0.25, 0.3) is 0 Å². The fourth-order valence-corrected chi connectivity index (χ4v) is 1.74. The maximum Gasteiger partial charge on any atom is 0.240 e. The van der Waals surface area contributed by atoms with Crippen LogP contribution < -0.4 is 10.2 Å². The molecule has 20 heavy (non-hydrogen) atoms. The molecule has 0 aliphatic carbocycles. The number of carbonyl (C=O) groups is 2. The van der Waals surface area contributed by atoms with E-state index in [9.17, 15) is 14.0 Å². The van der Waals surface area contributed by atoms with E-state index in [0.29, 0.717) is 12.5 Å². The molecule has 0 aromatic heterocycles. The average Bonchev–Trinajstić information content (AvgIpc) is 2.36. The van der Waals surface area contributed by atoms with Crippen molar-refractivity contribution in [3.63, 3.8) is 0 Å². The number of hydrogen-bond donors (Lipinski definition) is 1. The average molecular weight is 280 g/mol. The minimum absolute atomic E-state index is 0.124. The van der Waals surface area contributed by atoms with E-state index < -0.39 is 5.82 Å². The van der Waals surface area contributed by atoms with Crippen molar-refractivity contribution in [2.24, 2.45) is 5.92 Å². The number of hydrogen-bond acceptors (Lipinski definition) is 2. The van der Waals surface area contributed by atoms with Crippen LogP contribution in [0.2, 0.25) is 0 Å². The Morgan fingerprint density at radius 2 is 1.95 bits per heavy atom. The summed E-state index contributed by atoms with van der Waals surface area (Å²) in [6, 6.07) is 5.92. The summed E-state index contributed by atoms with van der Waals surface area (Å²) in [7, 11) is 0. The zero-order valence-electron chi connectivity index (χ0n) is 12.1. The van der Waals surface area contributed by atoms with Gasteiger partial charge in [-0.15, -0.1) is 0 Å². The van der Waals surface area contributed by atoms with Gasteiger partial charge in [-0.3, -0.25) is 9.59 Å². The van der Waals surface area contributed by atoms with E-state index in [1.54, 1.807) is 12.1 Å². The minimum Gasteiger partial charge on any atom is -0.355 e. The Balaban J connectivity index is 2.67. The molecule has 4 nitrogen and oxygen atoms in total. The van der Waals surface area contributed by atoms with Gasteiger partial charge < -0.3 is 10.2 Å². The van der Waals surface area contributed by atoms with E-state index >= 15 is 0 Å². The molecule has 0 unspecified atom stereocenters. The molecule has 1 rings (SSSR count). The second-order valence-corrected chi connectivity index (χ2v) is 5.09. The standard InChI is InChI=1S/C15H21FN2O2/c1-11(2)8-9-17-15(20)10-18(12(3)19)14-7-5-4-6-13(14)16/h4-7,11H,8-10H2,1-3H3,(H,17,20). The fraction of sp³-hybridized carbons (Fsp3) is 0.467. The van der Waals surface area contributed by atoms with E-state index in [1.165, 1.54) is 19.1 Å². The van der Waals surface area contributed by atoms with Crippen LogP contribution in [-0.2, 0) is 9.59 Å². The highest BCUT2D eigenvalue weighted by Gasteiger charge is 2.18. The number of nitrogens with one attached hydrogen (secondary N) is 1. The molecular weight excluding hydrogens is 259 g/mol. The number of carbonyl (C=O) groups excluding carboxylic acids is 2. The Hall–Kier alpha value is -1.91. The second-order valence-electron chi connectivity index (χ2n) is 5.09. The van der Waals surface area contributed by atoms with Gasteiger partial charge in [0.15, 0.2) is 0 Å². The van der Waals surface area contributed by atoms with Gasteiger partial charge in [0, 0.05) is 13.5 Å². The number of benzene rings is 1. The summed E-state index contributed by atoms with van der Waals surface area (Å²) in [6.07, 6.45) is 0.867. The molecule has 0 aliphatic heterocycles. The Bertz CT molecular complexity index is 475. The van der Waals surface area contributed by atoms with Crippen molar-refractivity contribution in [3.8, 4) is 0 Å². The summed E-state index contributed by atoms with van der Waals surface area (Å²) in [5.74, 6) is -0.679. The molecule has 0 radical (unpaired) electrons. The zero-order valence-corrected chi connectivity index (χ0v) is 12.1. The van der Waals surface area contributed by atoms with Crippen LogP contribution in [0.15, 0.2) is 24.3 Å². The third kappa shape index (κ3) is 4.99. The Labute approximate surface area is 119 Å². The van der Waals surface area contributed by atoms with Crippen molar-refractivity contribution in [1.29, 1.82) is 0 Å². The molecule has 5 heteroatoms. The smallest absolute Gasteiger partial charge is 0.240 e. The van der Waals surface area contributed by atoms with Crippen LogP contribution in [0.4, 0.5) is 10.1 Å². The number of para-hydroxylation sites is 1. The summed E-state index contributed by atoms with van der Waals surface area (Å²) < 4.78 is 13.7. The third-order valence-corrected chi connectivity index (χ3v) is 2.87. The van der Waals surface area contributed by atoms with Gasteiger partial charge in [0.2, 0.25) is 11.8 Å². The summed E-state index contributed by atoms with van der Waals surface area (Å²) in [6.45, 7) is 5.82. The van der Waals surface area contributed by atoms with Crippen molar-refractivity contribution < 1.29 is 14.0 Å². The highest BCUT2D eigenvalue weighted by Crippen LogP contribution is 2.18. The molecule has 1 N–H and O–H groups in total. The molecule has 110 valence electrons. The van der Waals surface area contributed by atoms with Crippen LogP contribution in [-0.4, -0.2) is 24.9 Å². The van der Waals surface area contributed by atoms with Crippen LogP contribution >= 0.6 is 0 Å². The van der Waals surface area contributed by atoms with Gasteiger partial charge in [0.1, 0.15) is 12.4 Å². The number of rotatable bonds is 6. The van der Waals surface area contributed by atoms with Crippen molar-refractivity contribution in [3.05, 3.63) is 30.1 Å². The number of nitrogens with zero attached hydrogens (tertiary/aromatic N) is 1. The quantitative estimate of drug-likeness (QED) is 0.869. The van der Waals surface area contributed by atoms with Gasteiger partial charge in [-0.25, -0.2) is 4.39 Å². The van der Waals surface area contributed by atoms with Crippen LogP contribution in [0.1, 0.15) is 27.2 Å². The number of halogens is 1. The second kappa shape index (κ2) is 7.62. The highest BCUT2D eigenvalue weighted by molar-refractivity contribution is 5.97. The largest absolute Gasteiger partial charge is 0.355 e. The molecule has 0 bridgehead atoms. The molecule has 0 saturated heterocycles. The Morgan fingerprint density at radius 3 is 2.50 bits per heavy atom. The molecule has 0 spiro atoms. The van der Waals surface area contributed by atoms with Gasteiger partial charge in [-0.1, -0.05) is 26.0 Å². The maximum absolute atomic E-state index is 13.7. The molecule has 0 fully saturated rings. The lowest BCUT2D eigenvalue weighted by molar-refractivity contribution is -0.123. The van der Waals surface area contributed by atoms with Crippen LogP contribution in [0.3, 0.4) is 0 Å². The first kappa shape index (κ1) is 16.1. The third-order valence-electron chi connectivity index (χ3n) is 2.87. The monoisotopic (exact) mass is 280 g/mol. The summed E-state index contributed by atoms with van der Waals surface area (Å²) in [5, 5.41) is 2.73. The predicted octanol–water partition coefficient (Wildman–Crippen LogP) is 2.34. The lowest BCUT2D eigenvalue weighted by Gasteiger charge is -2.21.